The number of nitrogens with two attached hydrogens (primary N) is 1. The van der Waals surface area contributed by atoms with Crippen LogP contribution in [-0.4, -0.2) is 80.9 Å². The largest absolute Gasteiger partial charge is 0.480 e. The van der Waals surface area contributed by atoms with Crippen LogP contribution >= 0.6 is 0 Å². The second kappa shape index (κ2) is 11.3. The third-order valence-electron chi connectivity index (χ3n) is 7.88. The van der Waals surface area contributed by atoms with Crippen LogP contribution in [0.1, 0.15) is 56.7 Å². The van der Waals surface area contributed by atoms with Crippen molar-refractivity contribution in [1.29, 1.82) is 5.41 Å². The van der Waals surface area contributed by atoms with E-state index in [1.807, 2.05) is 30.1 Å². The summed E-state index contributed by atoms with van der Waals surface area (Å²) in [6.07, 6.45) is 5.66. The monoisotopic (exact) mass is 510 g/mol. The number of aryl methyl sites for hydroxylation is 2. The molecule has 200 valence electrons. The van der Waals surface area contributed by atoms with Crippen LogP contribution in [0.3, 0.4) is 0 Å². The molecule has 0 spiro atoms. The summed E-state index contributed by atoms with van der Waals surface area (Å²) in [6.45, 7) is 3.30. The Labute approximate surface area is 217 Å². The number of nitrogen functional groups attached to an aromatic ring is 1. The minimum atomic E-state index is -1.05. The molecule has 2 amide bonds. The van der Waals surface area contributed by atoms with Crippen LogP contribution in [0.25, 0.3) is 10.9 Å². The van der Waals surface area contributed by atoms with E-state index in [9.17, 15) is 19.5 Å². The zero-order chi connectivity index (χ0) is 26.7. The van der Waals surface area contributed by atoms with E-state index in [1.165, 1.54) is 12.6 Å². The SMILES string of the molecule is CC(=O)N[C@@H](CCN1CCC[C@@H]1C(=O)N1CCC[C@H]1CCc1cc2ccc(C(=N)N)cc2n1C)C(=O)O. The predicted molar refractivity (Wildman–Crippen MR) is 141 cm³/mol. The van der Waals surface area contributed by atoms with Crippen molar-refractivity contribution in [2.45, 2.75) is 70.0 Å². The number of nitrogens with one attached hydrogen (secondary N) is 2. The van der Waals surface area contributed by atoms with Crippen molar-refractivity contribution in [3.63, 3.8) is 0 Å². The molecule has 5 N–H and O–H groups in total. The minimum Gasteiger partial charge on any atom is -0.480 e. The van der Waals surface area contributed by atoms with E-state index in [4.69, 9.17) is 11.1 Å². The predicted octanol–water partition coefficient (Wildman–Crippen LogP) is 1.83. The summed E-state index contributed by atoms with van der Waals surface area (Å²) in [6, 6.07) is 7.00. The molecule has 0 saturated carbocycles. The summed E-state index contributed by atoms with van der Waals surface area (Å²) < 4.78 is 2.15. The Morgan fingerprint density at radius 2 is 1.95 bits per heavy atom. The molecule has 0 radical (unpaired) electrons. The number of hydrogen-bond acceptors (Lipinski definition) is 5. The molecule has 0 bridgehead atoms. The number of aliphatic carboxylic acids is 1. The zero-order valence-electron chi connectivity index (χ0n) is 21.7. The molecule has 1 aromatic heterocycles. The molecule has 2 fully saturated rings. The van der Waals surface area contributed by atoms with E-state index in [-0.39, 0.29) is 36.2 Å². The van der Waals surface area contributed by atoms with Gasteiger partial charge in [0.2, 0.25) is 11.8 Å². The first-order valence-corrected chi connectivity index (χ1v) is 13.1. The van der Waals surface area contributed by atoms with E-state index < -0.39 is 12.0 Å². The van der Waals surface area contributed by atoms with Crippen LogP contribution in [0, 0.1) is 5.41 Å². The highest BCUT2D eigenvalue weighted by Gasteiger charge is 2.38. The maximum atomic E-state index is 13.6. The molecule has 2 saturated heterocycles. The minimum absolute atomic E-state index is 0.0549. The summed E-state index contributed by atoms with van der Waals surface area (Å²) >= 11 is 0. The number of aromatic nitrogens is 1. The van der Waals surface area contributed by atoms with Crippen LogP contribution in [0.15, 0.2) is 24.3 Å². The van der Waals surface area contributed by atoms with Gasteiger partial charge in [-0.2, -0.15) is 0 Å². The summed E-state index contributed by atoms with van der Waals surface area (Å²) in [7, 11) is 2.03. The Morgan fingerprint density at radius 1 is 1.19 bits per heavy atom. The highest BCUT2D eigenvalue weighted by Crippen LogP contribution is 2.28. The number of amides is 2. The number of rotatable bonds is 10. The van der Waals surface area contributed by atoms with Gasteiger partial charge in [-0.15, -0.1) is 0 Å². The van der Waals surface area contributed by atoms with Gasteiger partial charge in [0.15, 0.2) is 0 Å². The van der Waals surface area contributed by atoms with Crippen LogP contribution in [0.2, 0.25) is 0 Å². The van der Waals surface area contributed by atoms with Crippen molar-refractivity contribution in [2.24, 2.45) is 12.8 Å². The average molecular weight is 511 g/mol. The topological polar surface area (TPSA) is 145 Å². The molecular weight excluding hydrogens is 472 g/mol. The average Bonchev–Trinajstić information content (AvgIpc) is 3.58. The van der Waals surface area contributed by atoms with Crippen LogP contribution in [0.5, 0.6) is 0 Å². The summed E-state index contributed by atoms with van der Waals surface area (Å²) in [5, 5.41) is 20.7. The van der Waals surface area contributed by atoms with Crippen molar-refractivity contribution < 1.29 is 19.5 Å². The van der Waals surface area contributed by atoms with Crippen molar-refractivity contribution in [1.82, 2.24) is 19.7 Å². The Balaban J connectivity index is 1.38. The number of carboxylic acids is 1. The molecule has 10 nitrogen and oxygen atoms in total. The third-order valence-corrected chi connectivity index (χ3v) is 7.88. The first-order valence-electron chi connectivity index (χ1n) is 13.1. The molecule has 1 aromatic carbocycles. The number of carbonyl (C=O) groups is 3. The van der Waals surface area contributed by atoms with E-state index >= 15 is 0 Å². The summed E-state index contributed by atoms with van der Waals surface area (Å²) in [5.74, 6) is -1.22. The lowest BCUT2D eigenvalue weighted by molar-refractivity contribution is -0.142. The third kappa shape index (κ3) is 5.95. The van der Waals surface area contributed by atoms with Gasteiger partial charge in [-0.25, -0.2) is 4.79 Å². The molecule has 4 rings (SSSR count). The van der Waals surface area contributed by atoms with Crippen molar-refractivity contribution in [3.8, 4) is 0 Å². The molecule has 0 aliphatic carbocycles. The standard InChI is InChI=1S/C27H38N6O4/c1-17(34)30-22(27(36)37)11-14-32-12-4-6-23(32)26(35)33-13-3-5-20(33)9-10-21-15-18-7-8-19(25(28)29)16-24(18)31(21)2/h7-8,15-16,20,22-23H,3-6,9-14H2,1-2H3,(H3,28,29)(H,30,34)(H,36,37)/t20-,22-,23+/m0/s1. The lowest BCUT2D eigenvalue weighted by Gasteiger charge is -2.32. The second-order valence-electron chi connectivity index (χ2n) is 10.3. The molecule has 10 heteroatoms. The smallest absolute Gasteiger partial charge is 0.326 e. The van der Waals surface area contributed by atoms with E-state index in [2.05, 4.69) is 20.9 Å². The maximum absolute atomic E-state index is 13.6. The fraction of sp³-hybridized carbons (Fsp3) is 0.556. The molecule has 3 atom stereocenters. The van der Waals surface area contributed by atoms with Crippen LogP contribution in [-0.2, 0) is 27.9 Å². The van der Waals surface area contributed by atoms with E-state index in [0.717, 1.165) is 62.5 Å². The Hall–Kier alpha value is -3.40. The van der Waals surface area contributed by atoms with Crippen molar-refractivity contribution in [2.75, 3.05) is 19.6 Å². The van der Waals surface area contributed by atoms with Gasteiger partial charge in [0, 0.05) is 49.9 Å². The number of amidine groups is 1. The fourth-order valence-electron chi connectivity index (χ4n) is 5.90. The van der Waals surface area contributed by atoms with Crippen LogP contribution < -0.4 is 11.1 Å². The summed E-state index contributed by atoms with van der Waals surface area (Å²) in [4.78, 5) is 40.6. The summed E-state index contributed by atoms with van der Waals surface area (Å²) in [5.41, 5.74) is 8.61. The number of carboxylic acid groups (broad SMARTS) is 1. The number of nitrogens with zero attached hydrogens (tertiary/aromatic N) is 3. The van der Waals surface area contributed by atoms with Crippen molar-refractivity contribution >= 4 is 34.5 Å². The zero-order valence-corrected chi connectivity index (χ0v) is 21.7. The fourth-order valence-corrected chi connectivity index (χ4v) is 5.90. The quantitative estimate of drug-likeness (QED) is 0.283. The second-order valence-corrected chi connectivity index (χ2v) is 10.3. The molecule has 2 aromatic rings. The Kier molecular flexibility index (Phi) is 8.16. The number of benzene rings is 1. The van der Waals surface area contributed by atoms with Gasteiger partial charge in [-0.3, -0.25) is 19.9 Å². The van der Waals surface area contributed by atoms with Gasteiger partial charge in [-0.1, -0.05) is 12.1 Å². The molecule has 0 unspecified atom stereocenters. The lowest BCUT2D eigenvalue weighted by Crippen LogP contribution is -2.49. The molecule has 2 aliphatic heterocycles. The van der Waals surface area contributed by atoms with Gasteiger partial charge >= 0.3 is 5.97 Å². The number of likely N-dealkylation sites (tertiary alicyclic amines) is 2. The van der Waals surface area contributed by atoms with Crippen LogP contribution in [0.4, 0.5) is 0 Å². The molecular formula is C27H38N6O4. The highest BCUT2D eigenvalue weighted by molar-refractivity contribution is 5.98. The molecule has 37 heavy (non-hydrogen) atoms. The van der Waals surface area contributed by atoms with Crippen molar-refractivity contribution in [3.05, 3.63) is 35.5 Å². The van der Waals surface area contributed by atoms with E-state index in [1.54, 1.807) is 0 Å². The number of hydrogen-bond donors (Lipinski definition) is 4. The number of carbonyl (C=O) groups excluding carboxylic acids is 2. The number of fused-ring (bicyclic) bond motifs is 1. The maximum Gasteiger partial charge on any atom is 0.326 e. The van der Waals surface area contributed by atoms with E-state index in [0.29, 0.717) is 12.1 Å². The van der Waals surface area contributed by atoms with Gasteiger partial charge in [0.25, 0.3) is 0 Å². The molecule has 2 aliphatic rings. The van der Waals surface area contributed by atoms with Gasteiger partial charge < -0.3 is 25.6 Å². The van der Waals surface area contributed by atoms with Gasteiger partial charge in [0.05, 0.1) is 6.04 Å². The first-order chi connectivity index (χ1) is 17.7. The highest BCUT2D eigenvalue weighted by atomic mass is 16.4. The van der Waals surface area contributed by atoms with Gasteiger partial charge in [-0.05, 0) is 69.0 Å². The normalized spacial score (nSPS) is 20.9. The molecule has 3 heterocycles. The Bertz CT molecular complexity index is 1190. The van der Waals surface area contributed by atoms with Gasteiger partial charge in [0.1, 0.15) is 11.9 Å². The first kappa shape index (κ1) is 26.7. The Morgan fingerprint density at radius 3 is 2.65 bits per heavy atom. The lowest BCUT2D eigenvalue weighted by atomic mass is 10.1.